The van der Waals surface area contributed by atoms with Gasteiger partial charge in [-0.25, -0.2) is 0 Å². The van der Waals surface area contributed by atoms with Crippen LogP contribution in [0.4, 0.5) is 13.2 Å². The molecule has 0 N–H and O–H groups in total. The lowest BCUT2D eigenvalue weighted by atomic mass is 9.83. The Morgan fingerprint density at radius 2 is 1.67 bits per heavy atom. The van der Waals surface area contributed by atoms with E-state index >= 15 is 0 Å². The van der Waals surface area contributed by atoms with Crippen LogP contribution in [0.5, 0.6) is 11.5 Å². The van der Waals surface area contributed by atoms with Gasteiger partial charge in [-0.1, -0.05) is 38.1 Å². The third kappa shape index (κ3) is 3.20. The molecule has 4 aromatic rings. The molecule has 0 radical (unpaired) electrons. The van der Waals surface area contributed by atoms with E-state index in [0.717, 1.165) is 44.2 Å². The van der Waals surface area contributed by atoms with E-state index in [1.807, 2.05) is 38.2 Å². The lowest BCUT2D eigenvalue weighted by Crippen LogP contribution is -2.35. The lowest BCUT2D eigenvalue weighted by molar-refractivity contribution is -0.633. The maximum atomic E-state index is 13.7. The van der Waals surface area contributed by atoms with Crippen LogP contribution < -0.4 is 9.30 Å². The second-order valence-corrected chi connectivity index (χ2v) is 9.98. The third-order valence-electron chi connectivity index (χ3n) is 7.10. The molecular weight excluding hydrogens is 423 g/mol. The molecule has 2 nitrogen and oxygen atoms in total. The Kier molecular flexibility index (Phi) is 4.59. The van der Waals surface area contributed by atoms with Crippen LogP contribution >= 0.6 is 0 Å². The molecule has 5 rings (SSSR count). The number of rotatable bonds is 2. The largest absolute Gasteiger partial charge is 0.450 e. The maximum absolute atomic E-state index is 13.7. The standard InChI is InChI=1S/C28H27F3NO/c1-15-10-19-12-16(2)17(3)24-25(19)22(11-15)33-23-13-20-18(14-27(4,5)28(29,30)31)8-7-9-21(20)32(6)26(23)24/h7-13H,14H2,1-6H3/q+1. The van der Waals surface area contributed by atoms with Crippen LogP contribution in [0.15, 0.2) is 42.5 Å². The Bertz CT molecular complexity index is 1460. The van der Waals surface area contributed by atoms with E-state index in [-0.39, 0.29) is 6.42 Å². The number of hydrogen-bond acceptors (Lipinski definition) is 1. The van der Waals surface area contributed by atoms with E-state index < -0.39 is 11.6 Å². The van der Waals surface area contributed by atoms with Crippen molar-refractivity contribution >= 4 is 21.7 Å². The molecule has 1 aromatic heterocycles. The fourth-order valence-electron chi connectivity index (χ4n) is 5.03. The minimum Gasteiger partial charge on any atom is -0.450 e. The van der Waals surface area contributed by atoms with E-state index in [2.05, 4.69) is 30.5 Å². The van der Waals surface area contributed by atoms with E-state index in [1.54, 1.807) is 6.07 Å². The van der Waals surface area contributed by atoms with Gasteiger partial charge in [0.2, 0.25) is 5.52 Å². The predicted octanol–water partition coefficient (Wildman–Crippen LogP) is 7.65. The van der Waals surface area contributed by atoms with Crippen LogP contribution in [-0.4, -0.2) is 6.18 Å². The number of alkyl halides is 3. The third-order valence-corrected chi connectivity index (χ3v) is 7.10. The molecule has 0 bridgehead atoms. The molecule has 0 amide bonds. The van der Waals surface area contributed by atoms with Gasteiger partial charge in [0.05, 0.1) is 16.4 Å². The quantitative estimate of drug-likeness (QED) is 0.252. The molecule has 0 saturated carbocycles. The topological polar surface area (TPSA) is 13.1 Å². The van der Waals surface area contributed by atoms with Crippen molar-refractivity contribution in [3.8, 4) is 22.8 Å². The summed E-state index contributed by atoms with van der Waals surface area (Å²) in [5, 5.41) is 3.00. The van der Waals surface area contributed by atoms with Crippen LogP contribution in [0.3, 0.4) is 0 Å². The number of pyridine rings is 1. The van der Waals surface area contributed by atoms with Gasteiger partial charge in [-0.15, -0.1) is 0 Å². The van der Waals surface area contributed by atoms with Crippen molar-refractivity contribution in [2.45, 2.75) is 47.2 Å². The summed E-state index contributed by atoms with van der Waals surface area (Å²) >= 11 is 0. The highest BCUT2D eigenvalue weighted by Crippen LogP contribution is 2.49. The van der Waals surface area contributed by atoms with Crippen LogP contribution in [0, 0.1) is 26.2 Å². The molecule has 0 saturated heterocycles. The number of fused-ring (bicyclic) bond motifs is 3. The van der Waals surface area contributed by atoms with E-state index in [4.69, 9.17) is 4.74 Å². The van der Waals surface area contributed by atoms with Crippen molar-refractivity contribution in [3.05, 3.63) is 64.7 Å². The van der Waals surface area contributed by atoms with E-state index in [9.17, 15) is 13.2 Å². The second-order valence-electron chi connectivity index (χ2n) is 9.98. The minimum atomic E-state index is -4.29. The summed E-state index contributed by atoms with van der Waals surface area (Å²) in [4.78, 5) is 0. The molecular formula is C28H27F3NO+. The molecule has 0 aliphatic carbocycles. The fraction of sp³-hybridized carbons (Fsp3) is 0.321. The Labute approximate surface area is 191 Å². The molecule has 170 valence electrons. The highest BCUT2D eigenvalue weighted by Gasteiger charge is 2.47. The summed E-state index contributed by atoms with van der Waals surface area (Å²) in [6, 6.07) is 13.9. The van der Waals surface area contributed by atoms with Crippen molar-refractivity contribution in [2.24, 2.45) is 12.5 Å². The highest BCUT2D eigenvalue weighted by atomic mass is 19.4. The van der Waals surface area contributed by atoms with Gasteiger partial charge in [0, 0.05) is 17.5 Å². The normalized spacial score (nSPS) is 13.4. The molecule has 0 spiro atoms. The number of hydrogen-bond donors (Lipinski definition) is 0. The molecule has 0 fully saturated rings. The Morgan fingerprint density at radius 1 is 0.939 bits per heavy atom. The van der Waals surface area contributed by atoms with E-state index in [1.165, 1.54) is 25.0 Å². The van der Waals surface area contributed by atoms with Crippen molar-refractivity contribution in [2.75, 3.05) is 0 Å². The van der Waals surface area contributed by atoms with Crippen molar-refractivity contribution in [1.82, 2.24) is 0 Å². The molecule has 0 atom stereocenters. The monoisotopic (exact) mass is 450 g/mol. The average molecular weight is 451 g/mol. The first-order valence-electron chi connectivity index (χ1n) is 11.1. The number of ether oxygens (including phenoxy) is 1. The molecule has 33 heavy (non-hydrogen) atoms. The Hall–Kier alpha value is -3.08. The van der Waals surface area contributed by atoms with Gasteiger partial charge in [-0.3, -0.25) is 0 Å². The smallest absolute Gasteiger partial charge is 0.394 e. The zero-order chi connectivity index (χ0) is 23.9. The highest BCUT2D eigenvalue weighted by molar-refractivity contribution is 6.05. The zero-order valence-corrected chi connectivity index (χ0v) is 19.7. The lowest BCUT2D eigenvalue weighted by Gasteiger charge is -2.28. The first kappa shape index (κ1) is 21.7. The van der Waals surface area contributed by atoms with E-state index in [0.29, 0.717) is 11.3 Å². The summed E-state index contributed by atoms with van der Waals surface area (Å²) in [6.45, 7) is 8.79. The van der Waals surface area contributed by atoms with Crippen molar-refractivity contribution < 1.29 is 22.5 Å². The average Bonchev–Trinajstić information content (AvgIpc) is 2.70. The predicted molar refractivity (Wildman–Crippen MR) is 126 cm³/mol. The summed E-state index contributed by atoms with van der Waals surface area (Å²) in [6.07, 6.45) is -4.39. The molecule has 1 aliphatic heterocycles. The molecule has 2 heterocycles. The van der Waals surface area contributed by atoms with Crippen molar-refractivity contribution in [3.63, 3.8) is 0 Å². The fourth-order valence-corrected chi connectivity index (χ4v) is 5.03. The van der Waals surface area contributed by atoms with Crippen LogP contribution in [0.1, 0.15) is 36.1 Å². The van der Waals surface area contributed by atoms with Gasteiger partial charge in [0.1, 0.15) is 12.8 Å². The zero-order valence-electron chi connectivity index (χ0n) is 19.7. The number of aromatic nitrogens is 1. The van der Waals surface area contributed by atoms with Crippen LogP contribution in [-0.2, 0) is 13.5 Å². The minimum absolute atomic E-state index is 0.101. The number of nitrogens with zero attached hydrogens (tertiary/aromatic N) is 1. The van der Waals surface area contributed by atoms with Gasteiger partial charge in [-0.2, -0.15) is 17.7 Å². The van der Waals surface area contributed by atoms with Gasteiger partial charge in [0.25, 0.3) is 5.69 Å². The van der Waals surface area contributed by atoms with Gasteiger partial charge < -0.3 is 4.74 Å². The first-order valence-corrected chi connectivity index (χ1v) is 11.1. The number of benzene rings is 3. The molecule has 5 heteroatoms. The second kappa shape index (κ2) is 6.96. The summed E-state index contributed by atoms with van der Waals surface area (Å²) in [5.41, 5.74) is 5.29. The Morgan fingerprint density at radius 3 is 2.36 bits per heavy atom. The van der Waals surface area contributed by atoms with Gasteiger partial charge in [-0.05, 0) is 60.9 Å². The molecule has 3 aromatic carbocycles. The molecule has 1 aliphatic rings. The summed E-state index contributed by atoms with van der Waals surface area (Å²) in [5.74, 6) is 1.47. The van der Waals surface area contributed by atoms with Crippen molar-refractivity contribution in [1.29, 1.82) is 0 Å². The number of aryl methyl sites for hydroxylation is 3. The van der Waals surface area contributed by atoms with Gasteiger partial charge >= 0.3 is 6.18 Å². The summed E-state index contributed by atoms with van der Waals surface area (Å²) in [7, 11) is 1.97. The van der Waals surface area contributed by atoms with Crippen LogP contribution in [0.2, 0.25) is 0 Å². The maximum Gasteiger partial charge on any atom is 0.394 e. The first-order chi connectivity index (χ1) is 15.4. The Balaban J connectivity index is 1.82. The SMILES string of the molecule is Cc1cc2c3c(c(C)c(C)cc3c1)-c1c(cc3c(CC(C)(C)C(F)(F)F)cccc3[n+]1C)O2. The van der Waals surface area contributed by atoms with Gasteiger partial charge in [0.15, 0.2) is 5.75 Å². The molecule has 0 unspecified atom stereocenters. The summed E-state index contributed by atoms with van der Waals surface area (Å²) < 4.78 is 49.5. The number of halogens is 3. The van der Waals surface area contributed by atoms with Crippen LogP contribution in [0.25, 0.3) is 32.9 Å².